The van der Waals surface area contributed by atoms with Gasteiger partial charge in [0.05, 0.1) is 18.2 Å². The first-order valence-electron chi connectivity index (χ1n) is 8.40. The standard InChI is InChI=1S/C18H18ClN3O5/c1-3-25-18(24)14-8-11(27-21-14)9-20-17(23)15-10(2)26-22-16(15)12-6-4-5-7-13(12)19/h4-7,11H,3,8-9H2,1-2H3,(H,20,23)/t11-/m1/s1. The Morgan fingerprint density at radius 3 is 2.89 bits per heavy atom. The molecule has 9 heteroatoms. The van der Waals surface area contributed by atoms with Gasteiger partial charge < -0.3 is 19.4 Å². The van der Waals surface area contributed by atoms with Crippen LogP contribution in [0, 0.1) is 6.92 Å². The van der Waals surface area contributed by atoms with E-state index in [1.807, 2.05) is 0 Å². The molecule has 0 radical (unpaired) electrons. The van der Waals surface area contributed by atoms with Crippen LogP contribution in [-0.4, -0.2) is 42.0 Å². The monoisotopic (exact) mass is 391 g/mol. The molecular weight excluding hydrogens is 374 g/mol. The Bertz CT molecular complexity index is 893. The predicted molar refractivity (Wildman–Crippen MR) is 97.6 cm³/mol. The molecular formula is C18H18ClN3O5. The van der Waals surface area contributed by atoms with Crippen LogP contribution in [0.5, 0.6) is 0 Å². The normalized spacial score (nSPS) is 15.8. The Morgan fingerprint density at radius 1 is 1.37 bits per heavy atom. The van der Waals surface area contributed by atoms with Gasteiger partial charge in [0.15, 0.2) is 11.8 Å². The fourth-order valence-electron chi connectivity index (χ4n) is 2.64. The zero-order valence-corrected chi connectivity index (χ0v) is 15.6. The average Bonchev–Trinajstić information content (AvgIpc) is 3.27. The van der Waals surface area contributed by atoms with Crippen molar-refractivity contribution in [2.75, 3.05) is 13.2 Å². The van der Waals surface area contributed by atoms with Crippen LogP contribution in [0.2, 0.25) is 5.02 Å². The van der Waals surface area contributed by atoms with Crippen LogP contribution in [0.25, 0.3) is 11.3 Å². The van der Waals surface area contributed by atoms with Gasteiger partial charge in [-0.15, -0.1) is 0 Å². The van der Waals surface area contributed by atoms with Crippen LogP contribution in [0.4, 0.5) is 0 Å². The van der Waals surface area contributed by atoms with E-state index < -0.39 is 12.1 Å². The summed E-state index contributed by atoms with van der Waals surface area (Å²) in [6, 6.07) is 7.06. The smallest absolute Gasteiger partial charge is 0.356 e. The number of ether oxygens (including phenoxy) is 1. The number of nitrogens with one attached hydrogen (secondary N) is 1. The molecule has 1 aromatic carbocycles. The number of carbonyl (C=O) groups is 2. The number of oxime groups is 1. The fourth-order valence-corrected chi connectivity index (χ4v) is 2.87. The highest BCUT2D eigenvalue weighted by Gasteiger charge is 2.29. The van der Waals surface area contributed by atoms with Gasteiger partial charge in [0.1, 0.15) is 17.0 Å². The molecule has 0 saturated carbocycles. The minimum atomic E-state index is -0.512. The Hall–Kier alpha value is -2.87. The molecule has 142 valence electrons. The Kier molecular flexibility index (Phi) is 5.75. The van der Waals surface area contributed by atoms with Gasteiger partial charge in [-0.1, -0.05) is 40.1 Å². The first kappa shape index (κ1) is 18.9. The number of hydrogen-bond acceptors (Lipinski definition) is 7. The number of amides is 1. The minimum Gasteiger partial charge on any atom is -0.461 e. The van der Waals surface area contributed by atoms with Crippen molar-refractivity contribution in [2.24, 2.45) is 5.16 Å². The van der Waals surface area contributed by atoms with Crippen molar-refractivity contribution in [3.05, 3.63) is 40.6 Å². The second-order valence-electron chi connectivity index (χ2n) is 5.84. The molecule has 0 unspecified atom stereocenters. The third kappa shape index (κ3) is 4.11. The molecule has 8 nitrogen and oxygen atoms in total. The number of halogens is 1. The summed E-state index contributed by atoms with van der Waals surface area (Å²) >= 11 is 6.20. The number of carbonyl (C=O) groups excluding carboxylic acids is 2. The molecule has 0 saturated heterocycles. The molecule has 1 amide bonds. The lowest BCUT2D eigenvalue weighted by molar-refractivity contribution is -0.135. The van der Waals surface area contributed by atoms with Crippen LogP contribution < -0.4 is 5.32 Å². The third-order valence-electron chi connectivity index (χ3n) is 3.95. The summed E-state index contributed by atoms with van der Waals surface area (Å²) in [5.74, 6) is -0.516. The molecule has 1 atom stereocenters. The Balaban J connectivity index is 1.66. The number of aryl methyl sites for hydroxylation is 1. The lowest BCUT2D eigenvalue weighted by Crippen LogP contribution is -2.33. The molecule has 0 bridgehead atoms. The highest BCUT2D eigenvalue weighted by molar-refractivity contribution is 6.36. The topological polar surface area (TPSA) is 103 Å². The zero-order valence-electron chi connectivity index (χ0n) is 14.8. The molecule has 27 heavy (non-hydrogen) atoms. The summed E-state index contributed by atoms with van der Waals surface area (Å²) in [5.41, 5.74) is 1.47. The van der Waals surface area contributed by atoms with Crippen molar-refractivity contribution >= 4 is 29.2 Å². The molecule has 1 N–H and O–H groups in total. The molecule has 1 aliphatic heterocycles. The molecule has 3 rings (SSSR count). The van der Waals surface area contributed by atoms with Crippen LogP contribution in [0.3, 0.4) is 0 Å². The maximum atomic E-state index is 12.7. The molecule has 0 aliphatic carbocycles. The van der Waals surface area contributed by atoms with Crippen molar-refractivity contribution in [1.29, 1.82) is 0 Å². The molecule has 1 aromatic heterocycles. The van der Waals surface area contributed by atoms with E-state index in [1.54, 1.807) is 38.1 Å². The van der Waals surface area contributed by atoms with E-state index in [-0.39, 0.29) is 31.2 Å². The largest absolute Gasteiger partial charge is 0.461 e. The van der Waals surface area contributed by atoms with Gasteiger partial charge in [-0.2, -0.15) is 0 Å². The number of hydrogen-bond donors (Lipinski definition) is 1. The van der Waals surface area contributed by atoms with E-state index in [9.17, 15) is 9.59 Å². The van der Waals surface area contributed by atoms with Crippen LogP contribution >= 0.6 is 11.6 Å². The van der Waals surface area contributed by atoms with Crippen molar-refractivity contribution in [3.63, 3.8) is 0 Å². The van der Waals surface area contributed by atoms with E-state index in [2.05, 4.69) is 15.6 Å². The zero-order chi connectivity index (χ0) is 19.4. The predicted octanol–water partition coefficient (Wildman–Crippen LogP) is 2.74. The van der Waals surface area contributed by atoms with Crippen LogP contribution in [0.15, 0.2) is 33.9 Å². The van der Waals surface area contributed by atoms with Gasteiger partial charge in [0.2, 0.25) is 0 Å². The average molecular weight is 392 g/mol. The lowest BCUT2D eigenvalue weighted by Gasteiger charge is -2.10. The van der Waals surface area contributed by atoms with Gasteiger partial charge in [-0.05, 0) is 19.9 Å². The maximum Gasteiger partial charge on any atom is 0.356 e. The SMILES string of the molecule is CCOC(=O)C1=NO[C@@H](CNC(=O)c2c(-c3ccccc3Cl)noc2C)C1. The van der Waals surface area contributed by atoms with E-state index in [1.165, 1.54) is 0 Å². The van der Waals surface area contributed by atoms with E-state index >= 15 is 0 Å². The van der Waals surface area contributed by atoms with Gasteiger partial charge in [-0.25, -0.2) is 4.79 Å². The Labute approximate surface area is 160 Å². The van der Waals surface area contributed by atoms with E-state index in [0.717, 1.165) is 0 Å². The van der Waals surface area contributed by atoms with Crippen LogP contribution in [-0.2, 0) is 14.4 Å². The highest BCUT2D eigenvalue weighted by Crippen LogP contribution is 2.30. The third-order valence-corrected chi connectivity index (χ3v) is 4.28. The van der Waals surface area contributed by atoms with Gasteiger partial charge >= 0.3 is 5.97 Å². The molecule has 2 heterocycles. The summed E-state index contributed by atoms with van der Waals surface area (Å²) in [5, 5.41) is 10.9. The summed E-state index contributed by atoms with van der Waals surface area (Å²) in [6.07, 6.45) is -0.184. The summed E-state index contributed by atoms with van der Waals surface area (Å²) in [7, 11) is 0. The van der Waals surface area contributed by atoms with Crippen LogP contribution in [0.1, 0.15) is 29.5 Å². The lowest BCUT2D eigenvalue weighted by atomic mass is 10.1. The number of aromatic nitrogens is 1. The van der Waals surface area contributed by atoms with E-state index in [4.69, 9.17) is 25.7 Å². The van der Waals surface area contributed by atoms with Crippen molar-refractivity contribution < 1.29 is 23.7 Å². The highest BCUT2D eigenvalue weighted by atomic mass is 35.5. The summed E-state index contributed by atoms with van der Waals surface area (Å²) < 4.78 is 10.1. The quantitative estimate of drug-likeness (QED) is 0.759. The molecule has 2 aromatic rings. The van der Waals surface area contributed by atoms with E-state index in [0.29, 0.717) is 27.6 Å². The van der Waals surface area contributed by atoms with Gasteiger partial charge in [-0.3, -0.25) is 4.79 Å². The minimum absolute atomic E-state index is 0.165. The number of nitrogens with zero attached hydrogens (tertiary/aromatic N) is 2. The summed E-state index contributed by atoms with van der Waals surface area (Å²) in [6.45, 7) is 3.79. The van der Waals surface area contributed by atoms with Crippen molar-refractivity contribution in [2.45, 2.75) is 26.4 Å². The number of benzene rings is 1. The maximum absolute atomic E-state index is 12.7. The van der Waals surface area contributed by atoms with Crippen molar-refractivity contribution in [3.8, 4) is 11.3 Å². The first-order valence-corrected chi connectivity index (χ1v) is 8.78. The number of rotatable bonds is 6. The second kappa shape index (κ2) is 8.22. The second-order valence-corrected chi connectivity index (χ2v) is 6.25. The molecule has 0 fully saturated rings. The number of esters is 1. The van der Waals surface area contributed by atoms with Gasteiger partial charge in [0.25, 0.3) is 5.91 Å². The molecule has 1 aliphatic rings. The van der Waals surface area contributed by atoms with Gasteiger partial charge in [0, 0.05) is 12.0 Å². The first-order chi connectivity index (χ1) is 13.0. The fraction of sp³-hybridized carbons (Fsp3) is 0.333. The summed E-state index contributed by atoms with van der Waals surface area (Å²) in [4.78, 5) is 29.5. The molecule has 0 spiro atoms. The van der Waals surface area contributed by atoms with Crippen molar-refractivity contribution in [1.82, 2.24) is 10.5 Å². The Morgan fingerprint density at radius 2 is 2.15 bits per heavy atom.